The second-order valence-electron chi connectivity index (χ2n) is 6.14. The Hall–Kier alpha value is -3.49. The van der Waals surface area contributed by atoms with Crippen LogP contribution in [0.5, 0.6) is 5.75 Å². The van der Waals surface area contributed by atoms with Gasteiger partial charge in [0.25, 0.3) is 11.7 Å². The van der Waals surface area contributed by atoms with Crippen LogP contribution < -0.4 is 9.64 Å². The molecule has 146 valence electrons. The zero-order chi connectivity index (χ0) is 20.1. The van der Waals surface area contributed by atoms with Gasteiger partial charge in [0.2, 0.25) is 0 Å². The third-order valence-corrected chi connectivity index (χ3v) is 4.23. The summed E-state index contributed by atoms with van der Waals surface area (Å²) in [6.07, 6.45) is 0.143. The molecule has 3 rings (SSSR count). The van der Waals surface area contributed by atoms with Gasteiger partial charge in [-0.15, -0.1) is 0 Å². The Morgan fingerprint density at radius 3 is 2.71 bits per heavy atom. The molecular formula is C19H19N3O6. The van der Waals surface area contributed by atoms with Crippen LogP contribution in [-0.2, 0) is 20.7 Å². The number of ether oxygens (including phenoxy) is 2. The van der Waals surface area contributed by atoms with Gasteiger partial charge < -0.3 is 19.6 Å². The number of esters is 1. The Balaban J connectivity index is 1.72. The molecule has 2 heterocycles. The predicted molar refractivity (Wildman–Crippen MR) is 99.1 cm³/mol. The number of nitro groups is 1. The van der Waals surface area contributed by atoms with Crippen LogP contribution in [0.25, 0.3) is 0 Å². The smallest absolute Gasteiger partial charge is 0.366 e. The van der Waals surface area contributed by atoms with Gasteiger partial charge in [0.05, 0.1) is 6.61 Å². The summed E-state index contributed by atoms with van der Waals surface area (Å²) in [5, 5.41) is 11.0. The molecule has 0 saturated heterocycles. The highest BCUT2D eigenvalue weighted by atomic mass is 16.6. The highest BCUT2D eigenvalue weighted by Crippen LogP contribution is 2.34. The summed E-state index contributed by atoms with van der Waals surface area (Å²) >= 11 is 0. The molecule has 28 heavy (non-hydrogen) atoms. The first kappa shape index (κ1) is 19.3. The van der Waals surface area contributed by atoms with Crippen LogP contribution in [0, 0.1) is 10.1 Å². The number of benzene rings is 1. The normalized spacial score (nSPS) is 15.5. The fourth-order valence-electron chi connectivity index (χ4n) is 2.81. The van der Waals surface area contributed by atoms with Crippen molar-refractivity contribution in [3.05, 3.63) is 58.1 Å². The van der Waals surface area contributed by atoms with Crippen molar-refractivity contribution >= 4 is 23.5 Å². The number of hydrogen-bond donors (Lipinski definition) is 0. The summed E-state index contributed by atoms with van der Waals surface area (Å²) < 4.78 is 10.8. The highest BCUT2D eigenvalue weighted by molar-refractivity contribution is 6.02. The van der Waals surface area contributed by atoms with E-state index in [0.29, 0.717) is 12.8 Å². The Kier molecular flexibility index (Phi) is 5.83. The van der Waals surface area contributed by atoms with Gasteiger partial charge in [-0.2, -0.15) is 0 Å². The lowest BCUT2D eigenvalue weighted by Crippen LogP contribution is -2.48. The number of pyridine rings is 1. The molecule has 1 atom stereocenters. The van der Waals surface area contributed by atoms with Crippen molar-refractivity contribution in [3.8, 4) is 5.75 Å². The molecule has 0 bridgehead atoms. The molecule has 1 aromatic carbocycles. The molecule has 1 unspecified atom stereocenters. The molecule has 0 N–H and O–H groups in total. The van der Waals surface area contributed by atoms with Crippen molar-refractivity contribution < 1.29 is 24.0 Å². The number of amides is 1. The van der Waals surface area contributed by atoms with Crippen molar-refractivity contribution in [3.63, 3.8) is 0 Å². The predicted octanol–water partition coefficient (Wildman–Crippen LogP) is 2.28. The molecule has 9 heteroatoms. The lowest BCUT2D eigenvalue weighted by molar-refractivity contribution is -0.389. The first-order chi connectivity index (χ1) is 13.5. The minimum Gasteiger partial charge on any atom is -0.474 e. The Bertz CT molecular complexity index is 886. The van der Waals surface area contributed by atoms with Crippen LogP contribution in [0.2, 0.25) is 0 Å². The van der Waals surface area contributed by atoms with E-state index in [9.17, 15) is 19.7 Å². The van der Waals surface area contributed by atoms with Gasteiger partial charge in [-0.25, -0.2) is 0 Å². The number of nitrogens with zero attached hydrogens (tertiary/aromatic N) is 3. The van der Waals surface area contributed by atoms with E-state index >= 15 is 0 Å². The SMILES string of the molecule is CCC1Oc2ccc([N+](=O)[O-])nc2N(CC(=O)OCCc2ccccc2)C1=O. The van der Waals surface area contributed by atoms with Crippen LogP contribution >= 0.6 is 0 Å². The lowest BCUT2D eigenvalue weighted by Gasteiger charge is -2.29. The van der Waals surface area contributed by atoms with Gasteiger partial charge in [-0.3, -0.25) is 14.5 Å². The molecule has 0 radical (unpaired) electrons. The maximum absolute atomic E-state index is 12.6. The van der Waals surface area contributed by atoms with Gasteiger partial charge in [0.1, 0.15) is 6.54 Å². The molecule has 0 spiro atoms. The second-order valence-corrected chi connectivity index (χ2v) is 6.14. The fourth-order valence-corrected chi connectivity index (χ4v) is 2.81. The molecular weight excluding hydrogens is 366 g/mol. The van der Waals surface area contributed by atoms with E-state index in [-0.39, 0.29) is 18.2 Å². The summed E-state index contributed by atoms with van der Waals surface area (Å²) in [4.78, 5) is 40.1. The summed E-state index contributed by atoms with van der Waals surface area (Å²) in [7, 11) is 0. The van der Waals surface area contributed by atoms with Crippen molar-refractivity contribution in [2.75, 3.05) is 18.1 Å². The Morgan fingerprint density at radius 2 is 2.04 bits per heavy atom. The third kappa shape index (κ3) is 4.25. The van der Waals surface area contributed by atoms with Crippen LogP contribution in [-0.4, -0.2) is 41.0 Å². The maximum Gasteiger partial charge on any atom is 0.366 e. The van der Waals surface area contributed by atoms with Crippen LogP contribution in [0.4, 0.5) is 11.6 Å². The van der Waals surface area contributed by atoms with Gasteiger partial charge in [0, 0.05) is 12.5 Å². The molecule has 2 aromatic rings. The van der Waals surface area contributed by atoms with E-state index < -0.39 is 35.3 Å². The minimum absolute atomic E-state index is 0.0519. The monoisotopic (exact) mass is 385 g/mol. The lowest BCUT2D eigenvalue weighted by atomic mass is 10.2. The average molecular weight is 385 g/mol. The molecule has 0 saturated carbocycles. The number of rotatable bonds is 7. The van der Waals surface area contributed by atoms with Gasteiger partial charge in [-0.1, -0.05) is 37.3 Å². The highest BCUT2D eigenvalue weighted by Gasteiger charge is 2.39. The Morgan fingerprint density at radius 1 is 1.29 bits per heavy atom. The first-order valence-electron chi connectivity index (χ1n) is 8.82. The summed E-state index contributed by atoms with van der Waals surface area (Å²) in [5.74, 6) is -1.38. The van der Waals surface area contributed by atoms with Crippen LogP contribution in [0.3, 0.4) is 0 Å². The van der Waals surface area contributed by atoms with Crippen molar-refractivity contribution in [2.45, 2.75) is 25.9 Å². The van der Waals surface area contributed by atoms with E-state index in [1.54, 1.807) is 6.92 Å². The molecule has 1 aliphatic heterocycles. The van der Waals surface area contributed by atoms with Crippen molar-refractivity contribution in [2.24, 2.45) is 0 Å². The quantitative estimate of drug-likeness (QED) is 0.408. The van der Waals surface area contributed by atoms with E-state index in [1.807, 2.05) is 30.3 Å². The van der Waals surface area contributed by atoms with E-state index in [2.05, 4.69) is 4.98 Å². The zero-order valence-electron chi connectivity index (χ0n) is 15.2. The van der Waals surface area contributed by atoms with E-state index in [1.165, 1.54) is 12.1 Å². The van der Waals surface area contributed by atoms with Crippen molar-refractivity contribution in [1.29, 1.82) is 0 Å². The van der Waals surface area contributed by atoms with Crippen molar-refractivity contribution in [1.82, 2.24) is 4.98 Å². The third-order valence-electron chi connectivity index (χ3n) is 4.23. The zero-order valence-corrected chi connectivity index (χ0v) is 15.2. The maximum atomic E-state index is 12.6. The topological polar surface area (TPSA) is 112 Å². The first-order valence-corrected chi connectivity index (χ1v) is 8.82. The number of aromatic nitrogens is 1. The Labute approximate surface area is 161 Å². The average Bonchev–Trinajstić information content (AvgIpc) is 2.70. The molecule has 9 nitrogen and oxygen atoms in total. The molecule has 0 aliphatic carbocycles. The van der Waals surface area contributed by atoms with E-state index in [0.717, 1.165) is 10.5 Å². The number of anilines is 1. The second kappa shape index (κ2) is 8.47. The summed E-state index contributed by atoms with van der Waals surface area (Å²) in [6.45, 7) is 1.53. The molecule has 1 aliphatic rings. The number of carbonyl (C=O) groups excluding carboxylic acids is 2. The van der Waals surface area contributed by atoms with E-state index in [4.69, 9.17) is 9.47 Å². The number of hydrogen-bond acceptors (Lipinski definition) is 7. The van der Waals surface area contributed by atoms with Gasteiger partial charge in [0.15, 0.2) is 11.9 Å². The molecule has 0 fully saturated rings. The molecule has 1 amide bonds. The summed E-state index contributed by atoms with van der Waals surface area (Å²) in [6, 6.07) is 12.1. The molecule has 1 aromatic heterocycles. The fraction of sp³-hybridized carbons (Fsp3) is 0.316. The largest absolute Gasteiger partial charge is 0.474 e. The van der Waals surface area contributed by atoms with Crippen LogP contribution in [0.1, 0.15) is 18.9 Å². The standard InChI is InChI=1S/C19H19N3O6/c1-2-14-19(24)21(18-15(28-14)8-9-16(20-18)22(25)26)12-17(23)27-11-10-13-6-4-3-5-7-13/h3-9,14H,2,10-12H2,1H3. The van der Waals surface area contributed by atoms with Gasteiger partial charge in [-0.05, 0) is 28.0 Å². The van der Waals surface area contributed by atoms with Gasteiger partial charge >= 0.3 is 11.8 Å². The number of fused-ring (bicyclic) bond motifs is 1. The summed E-state index contributed by atoms with van der Waals surface area (Å²) in [5.41, 5.74) is 1.02. The number of carbonyl (C=O) groups is 2. The minimum atomic E-state index is -0.784. The van der Waals surface area contributed by atoms with Crippen LogP contribution in [0.15, 0.2) is 42.5 Å².